The maximum Gasteiger partial charge on any atom is 0.254 e. The molecule has 1 aliphatic heterocycles. The van der Waals surface area contributed by atoms with E-state index in [9.17, 15) is 18.8 Å². The number of hydrogen-bond acceptors (Lipinski definition) is 4. The fourth-order valence-corrected chi connectivity index (χ4v) is 4.60. The summed E-state index contributed by atoms with van der Waals surface area (Å²) in [5, 5.41) is 7.39. The SMILES string of the molecule is O=C(CN1CC(C(=O)Nc2cncc3cc(F)ccc23)c2cc(Cl)ccc2C1=O)NC1CCC1. The molecule has 0 bridgehead atoms. The van der Waals surface area contributed by atoms with Crippen LogP contribution in [0.25, 0.3) is 10.8 Å². The molecular formula is C25H22ClFN4O3. The zero-order chi connectivity index (χ0) is 23.8. The van der Waals surface area contributed by atoms with E-state index in [2.05, 4.69) is 15.6 Å². The molecule has 7 nitrogen and oxygen atoms in total. The van der Waals surface area contributed by atoms with Crippen LogP contribution in [-0.2, 0) is 9.59 Å². The molecule has 34 heavy (non-hydrogen) atoms. The molecule has 1 aromatic heterocycles. The molecule has 174 valence electrons. The van der Waals surface area contributed by atoms with Gasteiger partial charge in [-0.05, 0) is 61.2 Å². The smallest absolute Gasteiger partial charge is 0.254 e. The van der Waals surface area contributed by atoms with Gasteiger partial charge in [-0.2, -0.15) is 0 Å². The van der Waals surface area contributed by atoms with Crippen LogP contribution in [-0.4, -0.2) is 46.7 Å². The van der Waals surface area contributed by atoms with E-state index >= 15 is 0 Å². The number of fused-ring (bicyclic) bond motifs is 2. The summed E-state index contributed by atoms with van der Waals surface area (Å²) < 4.78 is 13.6. The number of amides is 3. The molecule has 2 aliphatic rings. The van der Waals surface area contributed by atoms with E-state index in [0.717, 1.165) is 19.3 Å². The van der Waals surface area contributed by atoms with Crippen molar-refractivity contribution in [2.45, 2.75) is 31.2 Å². The largest absolute Gasteiger partial charge is 0.352 e. The third kappa shape index (κ3) is 4.33. The highest BCUT2D eigenvalue weighted by Gasteiger charge is 2.36. The lowest BCUT2D eigenvalue weighted by Crippen LogP contribution is -2.50. The Morgan fingerprint density at radius 3 is 2.74 bits per heavy atom. The van der Waals surface area contributed by atoms with Crippen molar-refractivity contribution in [2.75, 3.05) is 18.4 Å². The molecule has 2 N–H and O–H groups in total. The number of rotatable bonds is 5. The summed E-state index contributed by atoms with van der Waals surface area (Å²) in [4.78, 5) is 44.5. The normalized spacial score (nSPS) is 17.8. The standard InChI is InChI=1S/C25H22ClFN4O3/c26-15-4-6-19-20(9-15)21(12-31(25(19)34)13-23(32)29-17-2-1-3-17)24(33)30-22-11-28-10-14-8-16(27)5-7-18(14)22/h4-11,17,21H,1-3,12-13H2,(H,29,32)(H,30,33). The molecule has 0 radical (unpaired) electrons. The molecule has 3 amide bonds. The lowest BCUT2D eigenvalue weighted by atomic mass is 9.88. The van der Waals surface area contributed by atoms with Gasteiger partial charge >= 0.3 is 0 Å². The fourth-order valence-electron chi connectivity index (χ4n) is 4.42. The van der Waals surface area contributed by atoms with Crippen molar-refractivity contribution in [1.82, 2.24) is 15.2 Å². The lowest BCUT2D eigenvalue weighted by Gasteiger charge is -2.34. The van der Waals surface area contributed by atoms with Crippen molar-refractivity contribution < 1.29 is 18.8 Å². The van der Waals surface area contributed by atoms with E-state index in [1.807, 2.05) is 0 Å². The van der Waals surface area contributed by atoms with Gasteiger partial charge in [-0.3, -0.25) is 19.4 Å². The monoisotopic (exact) mass is 480 g/mol. The molecule has 1 fully saturated rings. The summed E-state index contributed by atoms with van der Waals surface area (Å²) in [5.41, 5.74) is 1.27. The van der Waals surface area contributed by atoms with Gasteiger partial charge in [0.05, 0.1) is 24.3 Å². The average molecular weight is 481 g/mol. The molecule has 1 unspecified atom stereocenters. The summed E-state index contributed by atoms with van der Waals surface area (Å²) in [6.07, 6.45) is 5.98. The molecule has 0 spiro atoms. The molecule has 0 saturated heterocycles. The van der Waals surface area contributed by atoms with Crippen molar-refractivity contribution in [3.05, 3.63) is 70.8 Å². The summed E-state index contributed by atoms with van der Waals surface area (Å²) in [6, 6.07) is 9.17. The van der Waals surface area contributed by atoms with E-state index in [1.165, 1.54) is 29.4 Å². The topological polar surface area (TPSA) is 91.4 Å². The molecule has 1 aliphatic carbocycles. The summed E-state index contributed by atoms with van der Waals surface area (Å²) in [7, 11) is 0. The first-order chi connectivity index (χ1) is 16.4. The average Bonchev–Trinajstić information content (AvgIpc) is 2.78. The van der Waals surface area contributed by atoms with Crippen LogP contribution in [0.3, 0.4) is 0 Å². The van der Waals surface area contributed by atoms with Crippen molar-refractivity contribution in [2.24, 2.45) is 0 Å². The Labute approximate surface area is 200 Å². The number of pyridine rings is 1. The second-order valence-corrected chi connectivity index (χ2v) is 9.14. The minimum atomic E-state index is -0.751. The Bertz CT molecular complexity index is 1310. The van der Waals surface area contributed by atoms with Gasteiger partial charge in [0, 0.05) is 40.1 Å². The molecule has 1 atom stereocenters. The highest BCUT2D eigenvalue weighted by atomic mass is 35.5. The number of anilines is 1. The number of benzene rings is 2. The van der Waals surface area contributed by atoms with Crippen molar-refractivity contribution in [3.8, 4) is 0 Å². The van der Waals surface area contributed by atoms with Crippen LogP contribution >= 0.6 is 11.6 Å². The zero-order valence-corrected chi connectivity index (χ0v) is 18.9. The van der Waals surface area contributed by atoms with Gasteiger partial charge in [-0.1, -0.05) is 11.6 Å². The summed E-state index contributed by atoms with van der Waals surface area (Å²) >= 11 is 6.18. The number of aromatic nitrogens is 1. The van der Waals surface area contributed by atoms with Crippen LogP contribution in [0.4, 0.5) is 10.1 Å². The number of hydrogen-bond donors (Lipinski definition) is 2. The Morgan fingerprint density at radius 2 is 1.97 bits per heavy atom. The molecule has 2 heterocycles. The minimum absolute atomic E-state index is 0.0307. The quantitative estimate of drug-likeness (QED) is 0.580. The molecule has 5 rings (SSSR count). The maximum atomic E-state index is 13.6. The minimum Gasteiger partial charge on any atom is -0.352 e. The zero-order valence-electron chi connectivity index (χ0n) is 18.2. The van der Waals surface area contributed by atoms with E-state index in [1.54, 1.807) is 24.3 Å². The van der Waals surface area contributed by atoms with Crippen molar-refractivity contribution >= 4 is 45.8 Å². The Hall–Kier alpha value is -3.52. The number of carbonyl (C=O) groups is 3. The first-order valence-electron chi connectivity index (χ1n) is 11.1. The van der Waals surface area contributed by atoms with Crippen LogP contribution < -0.4 is 10.6 Å². The van der Waals surface area contributed by atoms with Crippen LogP contribution in [0.5, 0.6) is 0 Å². The van der Waals surface area contributed by atoms with Gasteiger partial charge in [0.2, 0.25) is 11.8 Å². The number of carbonyl (C=O) groups excluding carboxylic acids is 3. The van der Waals surface area contributed by atoms with Gasteiger partial charge in [0.15, 0.2) is 0 Å². The Morgan fingerprint density at radius 1 is 1.15 bits per heavy atom. The molecular weight excluding hydrogens is 459 g/mol. The van der Waals surface area contributed by atoms with E-state index in [0.29, 0.717) is 32.6 Å². The van der Waals surface area contributed by atoms with E-state index < -0.39 is 11.7 Å². The third-order valence-electron chi connectivity index (χ3n) is 6.41. The number of halogens is 2. The second kappa shape index (κ2) is 9.02. The van der Waals surface area contributed by atoms with Crippen molar-refractivity contribution in [1.29, 1.82) is 0 Å². The van der Waals surface area contributed by atoms with Crippen LogP contribution in [0.2, 0.25) is 5.02 Å². The van der Waals surface area contributed by atoms with Gasteiger partial charge in [0.1, 0.15) is 5.82 Å². The second-order valence-electron chi connectivity index (χ2n) is 8.71. The maximum absolute atomic E-state index is 13.6. The highest BCUT2D eigenvalue weighted by molar-refractivity contribution is 6.30. The van der Waals surface area contributed by atoms with Gasteiger partial charge in [-0.25, -0.2) is 4.39 Å². The van der Waals surface area contributed by atoms with Crippen LogP contribution in [0, 0.1) is 5.82 Å². The Balaban J connectivity index is 1.42. The molecule has 9 heteroatoms. The van der Waals surface area contributed by atoms with E-state index in [4.69, 9.17) is 11.6 Å². The molecule has 1 saturated carbocycles. The summed E-state index contributed by atoms with van der Waals surface area (Å²) in [6.45, 7) is -0.0980. The first-order valence-corrected chi connectivity index (χ1v) is 11.5. The third-order valence-corrected chi connectivity index (χ3v) is 6.64. The predicted molar refractivity (Wildman–Crippen MR) is 126 cm³/mol. The predicted octanol–water partition coefficient (Wildman–Crippen LogP) is 3.87. The van der Waals surface area contributed by atoms with Gasteiger partial charge in [-0.15, -0.1) is 0 Å². The van der Waals surface area contributed by atoms with Crippen LogP contribution in [0.1, 0.15) is 41.1 Å². The Kier molecular flexibility index (Phi) is 5.91. The van der Waals surface area contributed by atoms with Crippen LogP contribution in [0.15, 0.2) is 48.8 Å². The molecule has 2 aromatic carbocycles. The van der Waals surface area contributed by atoms with Gasteiger partial charge in [0.25, 0.3) is 5.91 Å². The summed E-state index contributed by atoms with van der Waals surface area (Å²) in [5.74, 6) is -2.09. The first kappa shape index (κ1) is 22.3. The van der Waals surface area contributed by atoms with Crippen molar-refractivity contribution in [3.63, 3.8) is 0 Å². The number of nitrogens with zero attached hydrogens (tertiary/aromatic N) is 2. The van der Waals surface area contributed by atoms with Gasteiger partial charge < -0.3 is 15.5 Å². The highest BCUT2D eigenvalue weighted by Crippen LogP contribution is 2.32. The number of nitrogens with one attached hydrogen (secondary N) is 2. The molecule has 3 aromatic rings. The fraction of sp³-hybridized carbons (Fsp3) is 0.280. The lowest BCUT2D eigenvalue weighted by molar-refractivity contribution is -0.124. The van der Waals surface area contributed by atoms with E-state index in [-0.39, 0.29) is 36.9 Å².